The SMILES string of the molecule is O=CC=CN1CCN(c2ccncc2)CC1. The Kier molecular flexibility index (Phi) is 3.53. The number of piperazine rings is 1. The van der Waals surface area contributed by atoms with Gasteiger partial charge in [0.15, 0.2) is 0 Å². The minimum absolute atomic E-state index is 0.815. The average molecular weight is 217 g/mol. The number of aldehydes is 1. The van der Waals surface area contributed by atoms with Crippen LogP contribution in [0.2, 0.25) is 0 Å². The first-order valence-electron chi connectivity index (χ1n) is 5.41. The molecule has 4 heteroatoms. The summed E-state index contributed by atoms with van der Waals surface area (Å²) in [4.78, 5) is 18.7. The molecule has 1 aliphatic rings. The highest BCUT2D eigenvalue weighted by atomic mass is 16.1. The normalized spacial score (nSPS) is 16.8. The Morgan fingerprint density at radius 2 is 1.81 bits per heavy atom. The van der Waals surface area contributed by atoms with Gasteiger partial charge in [-0.2, -0.15) is 0 Å². The Morgan fingerprint density at radius 1 is 1.12 bits per heavy atom. The van der Waals surface area contributed by atoms with Crippen molar-refractivity contribution in [1.82, 2.24) is 9.88 Å². The van der Waals surface area contributed by atoms with Crippen LogP contribution >= 0.6 is 0 Å². The lowest BCUT2D eigenvalue weighted by molar-refractivity contribution is -0.104. The summed E-state index contributed by atoms with van der Waals surface area (Å²) in [6.07, 6.45) is 7.84. The largest absolute Gasteiger partial charge is 0.374 e. The molecule has 1 saturated heterocycles. The van der Waals surface area contributed by atoms with Crippen LogP contribution in [-0.4, -0.2) is 42.3 Å². The Morgan fingerprint density at radius 3 is 2.44 bits per heavy atom. The van der Waals surface area contributed by atoms with Crippen LogP contribution in [0.5, 0.6) is 0 Å². The molecule has 1 fully saturated rings. The van der Waals surface area contributed by atoms with Crippen molar-refractivity contribution in [3.05, 3.63) is 36.8 Å². The van der Waals surface area contributed by atoms with E-state index < -0.39 is 0 Å². The summed E-state index contributed by atoms with van der Waals surface area (Å²) in [7, 11) is 0. The molecule has 0 atom stereocenters. The summed E-state index contributed by atoms with van der Waals surface area (Å²) in [6.45, 7) is 3.86. The van der Waals surface area contributed by atoms with Gasteiger partial charge >= 0.3 is 0 Å². The van der Waals surface area contributed by atoms with Crippen molar-refractivity contribution in [3.8, 4) is 0 Å². The van der Waals surface area contributed by atoms with Gasteiger partial charge in [0, 0.05) is 50.5 Å². The van der Waals surface area contributed by atoms with E-state index >= 15 is 0 Å². The summed E-state index contributed by atoms with van der Waals surface area (Å²) in [5.41, 5.74) is 1.22. The van der Waals surface area contributed by atoms with Crippen LogP contribution in [0.15, 0.2) is 36.8 Å². The summed E-state index contributed by atoms with van der Waals surface area (Å²) >= 11 is 0. The number of rotatable bonds is 3. The van der Waals surface area contributed by atoms with E-state index in [1.165, 1.54) is 5.69 Å². The number of hydrogen-bond donors (Lipinski definition) is 0. The molecule has 84 valence electrons. The molecular formula is C12H15N3O. The van der Waals surface area contributed by atoms with Crippen LogP contribution in [0.3, 0.4) is 0 Å². The van der Waals surface area contributed by atoms with Gasteiger partial charge in [-0.15, -0.1) is 0 Å². The highest BCUT2D eigenvalue weighted by Crippen LogP contribution is 2.14. The van der Waals surface area contributed by atoms with Crippen LogP contribution in [0.25, 0.3) is 0 Å². The zero-order valence-electron chi connectivity index (χ0n) is 9.12. The van der Waals surface area contributed by atoms with E-state index in [1.807, 2.05) is 30.7 Å². The minimum Gasteiger partial charge on any atom is -0.374 e. The Hall–Kier alpha value is -1.84. The third kappa shape index (κ3) is 2.59. The van der Waals surface area contributed by atoms with E-state index in [9.17, 15) is 4.79 Å². The third-order valence-corrected chi connectivity index (χ3v) is 2.72. The van der Waals surface area contributed by atoms with Crippen LogP contribution in [0.4, 0.5) is 5.69 Å². The van der Waals surface area contributed by atoms with Crippen molar-refractivity contribution in [3.63, 3.8) is 0 Å². The van der Waals surface area contributed by atoms with Gasteiger partial charge in [0.25, 0.3) is 0 Å². The van der Waals surface area contributed by atoms with Gasteiger partial charge in [-0.3, -0.25) is 9.78 Å². The number of carbonyl (C=O) groups excluding carboxylic acids is 1. The second kappa shape index (κ2) is 5.30. The topological polar surface area (TPSA) is 36.4 Å². The van der Waals surface area contributed by atoms with Crippen molar-refractivity contribution in [2.24, 2.45) is 0 Å². The van der Waals surface area contributed by atoms with Crippen molar-refractivity contribution >= 4 is 12.0 Å². The molecule has 0 aromatic carbocycles. The van der Waals surface area contributed by atoms with Gasteiger partial charge < -0.3 is 9.80 Å². The fourth-order valence-electron chi connectivity index (χ4n) is 1.84. The first-order chi connectivity index (χ1) is 7.90. The Labute approximate surface area is 95.2 Å². The molecule has 2 rings (SSSR count). The highest BCUT2D eigenvalue weighted by molar-refractivity contribution is 5.64. The number of carbonyl (C=O) groups is 1. The highest BCUT2D eigenvalue weighted by Gasteiger charge is 2.14. The average Bonchev–Trinajstić information content (AvgIpc) is 2.38. The number of allylic oxidation sites excluding steroid dienone is 1. The predicted octanol–water partition coefficient (Wildman–Crippen LogP) is 0.916. The van der Waals surface area contributed by atoms with Crippen LogP contribution < -0.4 is 4.90 Å². The molecule has 0 unspecified atom stereocenters. The van der Waals surface area contributed by atoms with Crippen molar-refractivity contribution in [2.75, 3.05) is 31.1 Å². The molecule has 0 aliphatic carbocycles. The summed E-state index contributed by atoms with van der Waals surface area (Å²) in [5.74, 6) is 0. The van der Waals surface area contributed by atoms with Gasteiger partial charge in [0.1, 0.15) is 6.29 Å². The maximum Gasteiger partial charge on any atom is 0.144 e. The maximum absolute atomic E-state index is 10.2. The van der Waals surface area contributed by atoms with Crippen molar-refractivity contribution in [1.29, 1.82) is 0 Å². The smallest absolute Gasteiger partial charge is 0.144 e. The van der Waals surface area contributed by atoms with Gasteiger partial charge in [-0.05, 0) is 18.2 Å². The van der Waals surface area contributed by atoms with Crippen LogP contribution in [-0.2, 0) is 4.79 Å². The molecule has 0 N–H and O–H groups in total. The number of pyridine rings is 1. The summed E-state index contributed by atoms with van der Waals surface area (Å²) in [6, 6.07) is 4.05. The van der Waals surface area contributed by atoms with E-state index in [0.29, 0.717) is 0 Å². The molecule has 0 amide bonds. The van der Waals surface area contributed by atoms with E-state index in [2.05, 4.69) is 14.8 Å². The van der Waals surface area contributed by atoms with Gasteiger partial charge in [0.05, 0.1) is 0 Å². The quantitative estimate of drug-likeness (QED) is 0.557. The summed E-state index contributed by atoms with van der Waals surface area (Å²) < 4.78 is 0. The van der Waals surface area contributed by atoms with Crippen molar-refractivity contribution in [2.45, 2.75) is 0 Å². The van der Waals surface area contributed by atoms with E-state index in [0.717, 1.165) is 32.5 Å². The predicted molar refractivity (Wildman–Crippen MR) is 63.2 cm³/mol. The standard InChI is InChI=1S/C12H15N3O/c16-11-1-6-14-7-9-15(10-8-14)12-2-4-13-5-3-12/h1-6,11H,7-10H2. The van der Waals surface area contributed by atoms with E-state index in [4.69, 9.17) is 0 Å². The molecule has 0 spiro atoms. The monoisotopic (exact) mass is 217 g/mol. The lowest BCUT2D eigenvalue weighted by Crippen LogP contribution is -2.44. The van der Waals surface area contributed by atoms with E-state index in [-0.39, 0.29) is 0 Å². The molecule has 1 aromatic heterocycles. The molecule has 1 aliphatic heterocycles. The summed E-state index contributed by atoms with van der Waals surface area (Å²) in [5, 5.41) is 0. The molecule has 16 heavy (non-hydrogen) atoms. The van der Waals surface area contributed by atoms with Gasteiger partial charge in [-0.25, -0.2) is 0 Å². The zero-order valence-corrected chi connectivity index (χ0v) is 9.12. The van der Waals surface area contributed by atoms with Gasteiger partial charge in [0.2, 0.25) is 0 Å². The molecule has 1 aromatic rings. The molecule has 0 bridgehead atoms. The number of hydrogen-bond acceptors (Lipinski definition) is 4. The molecule has 0 radical (unpaired) electrons. The Bertz CT molecular complexity index is 356. The van der Waals surface area contributed by atoms with Crippen LogP contribution in [0, 0.1) is 0 Å². The fraction of sp³-hybridized carbons (Fsp3) is 0.333. The van der Waals surface area contributed by atoms with E-state index in [1.54, 1.807) is 6.08 Å². The second-order valence-corrected chi connectivity index (χ2v) is 3.71. The van der Waals surface area contributed by atoms with Gasteiger partial charge in [-0.1, -0.05) is 0 Å². The number of aromatic nitrogens is 1. The fourth-order valence-corrected chi connectivity index (χ4v) is 1.84. The first kappa shape index (κ1) is 10.7. The lowest BCUT2D eigenvalue weighted by atomic mass is 10.3. The Balaban J connectivity index is 1.90. The second-order valence-electron chi connectivity index (χ2n) is 3.71. The number of nitrogens with zero attached hydrogens (tertiary/aromatic N) is 3. The third-order valence-electron chi connectivity index (χ3n) is 2.72. The molecule has 2 heterocycles. The lowest BCUT2D eigenvalue weighted by Gasteiger charge is -2.35. The molecule has 4 nitrogen and oxygen atoms in total. The zero-order chi connectivity index (χ0) is 11.2. The molecular weight excluding hydrogens is 202 g/mol. The van der Waals surface area contributed by atoms with Crippen molar-refractivity contribution < 1.29 is 4.79 Å². The molecule has 0 saturated carbocycles. The first-order valence-corrected chi connectivity index (χ1v) is 5.41. The maximum atomic E-state index is 10.2. The minimum atomic E-state index is 0.815. The van der Waals surface area contributed by atoms with Crippen LogP contribution in [0.1, 0.15) is 0 Å². The number of anilines is 1.